The third-order valence-electron chi connectivity index (χ3n) is 3.77. The standard InChI is InChI=1S/C13H19N/c1-10-7-8-11(2)13(3,4)12(10)6-5-9-14/h5-6,11-12H,1,7-8H2,2-4H3. The number of hydrogen-bond acceptors (Lipinski definition) is 1. The van der Waals surface area contributed by atoms with Crippen LogP contribution in [-0.4, -0.2) is 0 Å². The van der Waals surface area contributed by atoms with Crippen molar-refractivity contribution < 1.29 is 0 Å². The maximum Gasteiger partial charge on any atom is 0.0908 e. The van der Waals surface area contributed by atoms with Gasteiger partial charge in [0.1, 0.15) is 0 Å². The van der Waals surface area contributed by atoms with E-state index in [1.165, 1.54) is 12.0 Å². The fraction of sp³-hybridized carbons (Fsp3) is 0.615. The van der Waals surface area contributed by atoms with E-state index in [1.54, 1.807) is 6.08 Å². The molecule has 0 heterocycles. The van der Waals surface area contributed by atoms with Crippen molar-refractivity contribution in [3.63, 3.8) is 0 Å². The van der Waals surface area contributed by atoms with Crippen molar-refractivity contribution in [1.82, 2.24) is 0 Å². The summed E-state index contributed by atoms with van der Waals surface area (Å²) in [6.07, 6.45) is 5.93. The molecular weight excluding hydrogens is 170 g/mol. The number of nitrogens with zero attached hydrogens (tertiary/aromatic N) is 1. The first-order valence-electron chi connectivity index (χ1n) is 5.24. The quantitative estimate of drug-likeness (QED) is 0.456. The van der Waals surface area contributed by atoms with E-state index < -0.39 is 0 Å². The topological polar surface area (TPSA) is 23.8 Å². The Morgan fingerprint density at radius 2 is 2.21 bits per heavy atom. The number of rotatable bonds is 1. The molecule has 0 aliphatic heterocycles. The Bertz CT molecular complexity index is 291. The van der Waals surface area contributed by atoms with Gasteiger partial charge >= 0.3 is 0 Å². The largest absolute Gasteiger partial charge is 0.193 e. The van der Waals surface area contributed by atoms with Gasteiger partial charge in [-0.25, -0.2) is 0 Å². The van der Waals surface area contributed by atoms with E-state index in [0.717, 1.165) is 6.42 Å². The highest BCUT2D eigenvalue weighted by molar-refractivity contribution is 5.20. The first kappa shape index (κ1) is 11.0. The predicted molar refractivity (Wildman–Crippen MR) is 59.6 cm³/mol. The van der Waals surface area contributed by atoms with E-state index in [9.17, 15) is 0 Å². The maximum absolute atomic E-state index is 8.55. The molecule has 0 radical (unpaired) electrons. The van der Waals surface area contributed by atoms with Crippen LogP contribution in [0.2, 0.25) is 0 Å². The van der Waals surface area contributed by atoms with Crippen LogP contribution in [0.4, 0.5) is 0 Å². The summed E-state index contributed by atoms with van der Waals surface area (Å²) in [5.41, 5.74) is 1.52. The molecular formula is C13H19N. The lowest BCUT2D eigenvalue weighted by molar-refractivity contribution is 0.141. The second kappa shape index (κ2) is 4.00. The number of hydrogen-bond donors (Lipinski definition) is 0. The summed E-state index contributed by atoms with van der Waals surface area (Å²) in [7, 11) is 0. The minimum absolute atomic E-state index is 0.239. The average molecular weight is 189 g/mol. The third kappa shape index (κ3) is 1.90. The van der Waals surface area contributed by atoms with Crippen LogP contribution in [0.1, 0.15) is 33.6 Å². The van der Waals surface area contributed by atoms with Gasteiger partial charge in [0.25, 0.3) is 0 Å². The highest BCUT2D eigenvalue weighted by Crippen LogP contribution is 2.47. The van der Waals surface area contributed by atoms with Gasteiger partial charge in [-0.05, 0) is 24.2 Å². The fourth-order valence-corrected chi connectivity index (χ4v) is 2.29. The molecule has 0 aromatic heterocycles. The Labute approximate surface area is 87.1 Å². The summed E-state index contributed by atoms with van der Waals surface area (Å²) < 4.78 is 0. The molecule has 0 aromatic carbocycles. The van der Waals surface area contributed by atoms with Gasteiger partial charge in [-0.15, -0.1) is 0 Å². The zero-order valence-corrected chi connectivity index (χ0v) is 9.38. The zero-order chi connectivity index (χ0) is 10.8. The normalized spacial score (nSPS) is 31.7. The Balaban J connectivity index is 2.92. The molecule has 1 saturated carbocycles. The summed E-state index contributed by atoms with van der Waals surface area (Å²) >= 11 is 0. The molecule has 14 heavy (non-hydrogen) atoms. The van der Waals surface area contributed by atoms with Crippen LogP contribution < -0.4 is 0 Å². The van der Waals surface area contributed by atoms with Gasteiger partial charge in [-0.3, -0.25) is 0 Å². The maximum atomic E-state index is 8.55. The van der Waals surface area contributed by atoms with Crippen LogP contribution in [0, 0.1) is 28.6 Å². The molecule has 0 N–H and O–H groups in total. The van der Waals surface area contributed by atoms with Crippen molar-refractivity contribution in [2.24, 2.45) is 17.3 Å². The van der Waals surface area contributed by atoms with Gasteiger partial charge in [-0.1, -0.05) is 39.0 Å². The van der Waals surface area contributed by atoms with Crippen molar-refractivity contribution in [2.45, 2.75) is 33.6 Å². The minimum atomic E-state index is 0.239. The number of nitriles is 1. The summed E-state index contributed by atoms with van der Waals surface area (Å²) in [6.45, 7) is 11.0. The van der Waals surface area contributed by atoms with Gasteiger partial charge in [0.2, 0.25) is 0 Å². The number of allylic oxidation sites excluding steroid dienone is 3. The van der Waals surface area contributed by atoms with E-state index in [-0.39, 0.29) is 5.41 Å². The van der Waals surface area contributed by atoms with Crippen LogP contribution in [0.5, 0.6) is 0 Å². The molecule has 1 nitrogen and oxygen atoms in total. The minimum Gasteiger partial charge on any atom is -0.193 e. The van der Waals surface area contributed by atoms with Gasteiger partial charge in [0, 0.05) is 12.0 Å². The lowest BCUT2D eigenvalue weighted by atomic mass is 9.61. The molecule has 2 unspecified atom stereocenters. The molecule has 1 aliphatic rings. The SMILES string of the molecule is C=C1CCC(C)C(C)(C)C1C=CC#N. The molecule has 1 heteroatoms. The average Bonchev–Trinajstić information content (AvgIpc) is 2.12. The molecule has 0 saturated heterocycles. The summed E-state index contributed by atoms with van der Waals surface area (Å²) in [5.74, 6) is 1.06. The molecule has 1 fully saturated rings. The molecule has 2 atom stereocenters. The lowest BCUT2D eigenvalue weighted by Crippen LogP contribution is -2.35. The summed E-state index contributed by atoms with van der Waals surface area (Å²) in [4.78, 5) is 0. The van der Waals surface area contributed by atoms with Crippen LogP contribution in [0.25, 0.3) is 0 Å². The van der Waals surface area contributed by atoms with Gasteiger partial charge < -0.3 is 0 Å². The Hall–Kier alpha value is -1.03. The van der Waals surface area contributed by atoms with Crippen LogP contribution >= 0.6 is 0 Å². The predicted octanol–water partition coefficient (Wildman–Crippen LogP) is 3.69. The second-order valence-corrected chi connectivity index (χ2v) is 4.89. The van der Waals surface area contributed by atoms with Crippen molar-refractivity contribution >= 4 is 0 Å². The van der Waals surface area contributed by atoms with E-state index in [0.29, 0.717) is 11.8 Å². The second-order valence-electron chi connectivity index (χ2n) is 4.89. The van der Waals surface area contributed by atoms with Crippen molar-refractivity contribution in [1.29, 1.82) is 5.26 Å². The Kier molecular flexibility index (Phi) is 3.16. The Morgan fingerprint density at radius 3 is 2.79 bits per heavy atom. The summed E-state index contributed by atoms with van der Waals surface area (Å²) in [5, 5.41) is 8.55. The van der Waals surface area contributed by atoms with Crippen molar-refractivity contribution in [3.05, 3.63) is 24.3 Å². The highest BCUT2D eigenvalue weighted by Gasteiger charge is 2.38. The van der Waals surface area contributed by atoms with Gasteiger partial charge in [0.05, 0.1) is 6.07 Å². The van der Waals surface area contributed by atoms with E-state index in [2.05, 4.69) is 33.4 Å². The van der Waals surface area contributed by atoms with Crippen molar-refractivity contribution in [3.8, 4) is 6.07 Å². The molecule has 0 spiro atoms. The first-order chi connectivity index (χ1) is 6.50. The lowest BCUT2D eigenvalue weighted by Gasteiger charge is -2.43. The molecule has 76 valence electrons. The van der Waals surface area contributed by atoms with E-state index in [4.69, 9.17) is 5.26 Å². The van der Waals surface area contributed by atoms with Gasteiger partial charge in [-0.2, -0.15) is 5.26 Å². The molecule has 1 rings (SSSR count). The van der Waals surface area contributed by atoms with Crippen LogP contribution in [0.15, 0.2) is 24.3 Å². The molecule has 0 bridgehead atoms. The third-order valence-corrected chi connectivity index (χ3v) is 3.77. The Morgan fingerprint density at radius 1 is 1.57 bits per heavy atom. The zero-order valence-electron chi connectivity index (χ0n) is 9.38. The van der Waals surface area contributed by atoms with Crippen LogP contribution in [-0.2, 0) is 0 Å². The molecule has 1 aliphatic carbocycles. The highest BCUT2D eigenvalue weighted by atomic mass is 14.4. The molecule has 0 amide bonds. The monoisotopic (exact) mass is 189 g/mol. The first-order valence-corrected chi connectivity index (χ1v) is 5.24. The van der Waals surface area contributed by atoms with E-state index >= 15 is 0 Å². The fourth-order valence-electron chi connectivity index (χ4n) is 2.29. The van der Waals surface area contributed by atoms with E-state index in [1.807, 2.05) is 6.08 Å². The molecule has 0 aromatic rings. The smallest absolute Gasteiger partial charge is 0.0908 e. The van der Waals surface area contributed by atoms with Gasteiger partial charge in [0.15, 0.2) is 0 Å². The summed E-state index contributed by atoms with van der Waals surface area (Å²) in [6, 6.07) is 2.07. The van der Waals surface area contributed by atoms with Crippen LogP contribution in [0.3, 0.4) is 0 Å². The van der Waals surface area contributed by atoms with Crippen molar-refractivity contribution in [2.75, 3.05) is 0 Å².